The van der Waals surface area contributed by atoms with Crippen molar-refractivity contribution in [3.05, 3.63) is 46.5 Å². The molecule has 1 aliphatic heterocycles. The maximum atomic E-state index is 12.8. The van der Waals surface area contributed by atoms with E-state index in [0.29, 0.717) is 28.5 Å². The van der Waals surface area contributed by atoms with Crippen molar-refractivity contribution in [3.8, 4) is 0 Å². The Hall–Kier alpha value is -1.93. The van der Waals surface area contributed by atoms with E-state index in [1.807, 2.05) is 0 Å². The fourth-order valence-electron chi connectivity index (χ4n) is 2.58. The number of rotatable bonds is 4. The van der Waals surface area contributed by atoms with Crippen LogP contribution in [0.15, 0.2) is 29.4 Å². The highest BCUT2D eigenvalue weighted by molar-refractivity contribution is 7.91. The molecule has 0 spiro atoms. The van der Waals surface area contributed by atoms with Gasteiger partial charge < -0.3 is 0 Å². The quantitative estimate of drug-likeness (QED) is 0.663. The lowest BCUT2D eigenvalue weighted by Gasteiger charge is -2.09. The standard InChI is InChI=1S/C15H16ClFN4O2S/c1-10-14(8-18-19-12-4-2-11(17)3-5-12)15(16)21(20-10)13-6-7-24(22,23)9-13/h2-5,8,13,19H,6-7,9H2,1H3/b18-8-/t13-/m1/s1. The molecule has 128 valence electrons. The van der Waals surface area contributed by atoms with Gasteiger partial charge in [-0.2, -0.15) is 10.2 Å². The molecule has 1 fully saturated rings. The van der Waals surface area contributed by atoms with Crippen LogP contribution in [0.5, 0.6) is 0 Å². The smallest absolute Gasteiger partial charge is 0.152 e. The van der Waals surface area contributed by atoms with Gasteiger partial charge in [0.25, 0.3) is 0 Å². The molecule has 3 rings (SSSR count). The molecule has 1 saturated heterocycles. The van der Waals surface area contributed by atoms with Crippen LogP contribution >= 0.6 is 11.6 Å². The van der Waals surface area contributed by atoms with E-state index in [0.717, 1.165) is 0 Å². The van der Waals surface area contributed by atoms with Crippen molar-refractivity contribution >= 4 is 33.3 Å². The van der Waals surface area contributed by atoms with E-state index in [2.05, 4.69) is 15.6 Å². The zero-order chi connectivity index (χ0) is 17.3. The number of benzene rings is 1. The molecule has 1 aliphatic rings. The molecule has 9 heteroatoms. The number of aryl methyl sites for hydroxylation is 1. The van der Waals surface area contributed by atoms with E-state index < -0.39 is 9.84 Å². The van der Waals surface area contributed by atoms with Crippen molar-refractivity contribution < 1.29 is 12.8 Å². The Labute approximate surface area is 144 Å². The normalized spacial score (nSPS) is 19.9. The minimum atomic E-state index is -3.02. The maximum Gasteiger partial charge on any atom is 0.152 e. The third-order valence-electron chi connectivity index (χ3n) is 3.86. The molecule has 6 nitrogen and oxygen atoms in total. The van der Waals surface area contributed by atoms with Crippen LogP contribution in [0, 0.1) is 12.7 Å². The van der Waals surface area contributed by atoms with Crippen molar-refractivity contribution in [2.24, 2.45) is 5.10 Å². The van der Waals surface area contributed by atoms with Crippen LogP contribution < -0.4 is 5.43 Å². The molecule has 0 bridgehead atoms. The Morgan fingerprint density at radius 1 is 1.42 bits per heavy atom. The molecular formula is C15H16ClFN4O2S. The average Bonchev–Trinajstić information content (AvgIpc) is 3.02. The molecule has 0 saturated carbocycles. The summed E-state index contributed by atoms with van der Waals surface area (Å²) >= 11 is 6.34. The zero-order valence-corrected chi connectivity index (χ0v) is 14.5. The fraction of sp³-hybridized carbons (Fsp3) is 0.333. The molecule has 1 atom stereocenters. The summed E-state index contributed by atoms with van der Waals surface area (Å²) < 4.78 is 37.6. The number of hydrazone groups is 1. The summed E-state index contributed by atoms with van der Waals surface area (Å²) in [5.41, 5.74) is 4.69. The second-order valence-electron chi connectivity index (χ2n) is 5.67. The molecular weight excluding hydrogens is 355 g/mol. The third-order valence-corrected chi connectivity index (χ3v) is 5.98. The number of aromatic nitrogens is 2. The number of hydrogen-bond acceptors (Lipinski definition) is 5. The van der Waals surface area contributed by atoms with Gasteiger partial charge in [0.1, 0.15) is 11.0 Å². The molecule has 0 unspecified atom stereocenters. The van der Waals surface area contributed by atoms with Gasteiger partial charge in [0, 0.05) is 0 Å². The van der Waals surface area contributed by atoms with Crippen LogP contribution in [-0.2, 0) is 9.84 Å². The van der Waals surface area contributed by atoms with Crippen LogP contribution in [0.25, 0.3) is 0 Å². The highest BCUT2D eigenvalue weighted by Crippen LogP contribution is 2.29. The van der Waals surface area contributed by atoms with Gasteiger partial charge in [-0.3, -0.25) is 5.43 Å². The Morgan fingerprint density at radius 2 is 2.12 bits per heavy atom. The molecule has 0 aliphatic carbocycles. The molecule has 1 aromatic carbocycles. The Balaban J connectivity index is 1.77. The van der Waals surface area contributed by atoms with Gasteiger partial charge in [-0.05, 0) is 37.6 Å². The number of halogens is 2. The lowest BCUT2D eigenvalue weighted by molar-refractivity contribution is 0.497. The van der Waals surface area contributed by atoms with Gasteiger partial charge in [-0.1, -0.05) is 11.6 Å². The van der Waals surface area contributed by atoms with E-state index in [-0.39, 0.29) is 23.4 Å². The van der Waals surface area contributed by atoms with Crippen molar-refractivity contribution in [2.45, 2.75) is 19.4 Å². The van der Waals surface area contributed by atoms with E-state index in [1.54, 1.807) is 23.7 Å². The molecule has 24 heavy (non-hydrogen) atoms. The lowest BCUT2D eigenvalue weighted by atomic mass is 10.2. The largest absolute Gasteiger partial charge is 0.278 e. The number of sulfone groups is 1. The predicted molar refractivity (Wildman–Crippen MR) is 91.9 cm³/mol. The van der Waals surface area contributed by atoms with Crippen molar-refractivity contribution in [3.63, 3.8) is 0 Å². The van der Waals surface area contributed by atoms with E-state index in [4.69, 9.17) is 11.6 Å². The summed E-state index contributed by atoms with van der Waals surface area (Å²) in [6.07, 6.45) is 2.03. The second kappa shape index (κ2) is 6.52. The highest BCUT2D eigenvalue weighted by atomic mass is 35.5. The first-order chi connectivity index (χ1) is 11.4. The van der Waals surface area contributed by atoms with E-state index in [9.17, 15) is 12.8 Å². The van der Waals surface area contributed by atoms with Crippen LogP contribution in [0.3, 0.4) is 0 Å². The number of nitrogens with zero attached hydrogens (tertiary/aromatic N) is 3. The zero-order valence-electron chi connectivity index (χ0n) is 12.9. The molecule has 0 amide bonds. The fourth-order valence-corrected chi connectivity index (χ4v) is 4.64. The number of hydrogen-bond donors (Lipinski definition) is 1. The molecule has 2 heterocycles. The van der Waals surface area contributed by atoms with E-state index >= 15 is 0 Å². The van der Waals surface area contributed by atoms with Crippen molar-refractivity contribution in [2.75, 3.05) is 16.9 Å². The van der Waals surface area contributed by atoms with Gasteiger partial charge in [-0.15, -0.1) is 0 Å². The van der Waals surface area contributed by atoms with Gasteiger partial charge >= 0.3 is 0 Å². The lowest BCUT2D eigenvalue weighted by Crippen LogP contribution is -2.12. The Bertz CT molecular complexity index is 878. The number of nitrogens with one attached hydrogen (secondary N) is 1. The predicted octanol–water partition coefficient (Wildman–Crippen LogP) is 2.79. The molecule has 2 aromatic rings. The highest BCUT2D eigenvalue weighted by Gasteiger charge is 2.31. The molecule has 1 aromatic heterocycles. The summed E-state index contributed by atoms with van der Waals surface area (Å²) in [6.45, 7) is 1.78. The minimum Gasteiger partial charge on any atom is -0.278 e. The molecule has 1 N–H and O–H groups in total. The van der Waals surface area contributed by atoms with E-state index in [1.165, 1.54) is 18.3 Å². The van der Waals surface area contributed by atoms with Gasteiger partial charge in [-0.25, -0.2) is 17.5 Å². The first kappa shape index (κ1) is 16.9. The van der Waals surface area contributed by atoms with Gasteiger partial charge in [0.2, 0.25) is 0 Å². The van der Waals surface area contributed by atoms with Crippen LogP contribution in [-0.4, -0.2) is 35.9 Å². The van der Waals surface area contributed by atoms with Gasteiger partial charge in [0.05, 0.1) is 40.7 Å². The van der Waals surface area contributed by atoms with Crippen LogP contribution in [0.2, 0.25) is 5.15 Å². The SMILES string of the molecule is Cc1nn([C@@H]2CCS(=O)(=O)C2)c(Cl)c1/C=N\Nc1ccc(F)cc1. The average molecular weight is 371 g/mol. The van der Waals surface area contributed by atoms with Crippen LogP contribution in [0.1, 0.15) is 23.7 Å². The Morgan fingerprint density at radius 3 is 2.75 bits per heavy atom. The first-order valence-electron chi connectivity index (χ1n) is 7.35. The maximum absolute atomic E-state index is 12.8. The summed E-state index contributed by atoms with van der Waals surface area (Å²) in [7, 11) is -3.02. The molecule has 0 radical (unpaired) electrons. The topological polar surface area (TPSA) is 76.3 Å². The third kappa shape index (κ3) is 3.59. The van der Waals surface area contributed by atoms with Gasteiger partial charge in [0.15, 0.2) is 9.84 Å². The summed E-state index contributed by atoms with van der Waals surface area (Å²) in [6, 6.07) is 5.54. The monoisotopic (exact) mass is 370 g/mol. The Kier molecular flexibility index (Phi) is 4.60. The summed E-state index contributed by atoms with van der Waals surface area (Å²) in [5, 5.41) is 8.79. The summed E-state index contributed by atoms with van der Waals surface area (Å²) in [4.78, 5) is 0. The van der Waals surface area contributed by atoms with Crippen molar-refractivity contribution in [1.29, 1.82) is 0 Å². The summed E-state index contributed by atoms with van der Waals surface area (Å²) in [5.74, 6) is -0.114. The number of anilines is 1. The van der Waals surface area contributed by atoms with Crippen LogP contribution in [0.4, 0.5) is 10.1 Å². The second-order valence-corrected chi connectivity index (χ2v) is 8.25. The first-order valence-corrected chi connectivity index (χ1v) is 9.55. The minimum absolute atomic E-state index is 0.0538. The van der Waals surface area contributed by atoms with Crippen molar-refractivity contribution in [1.82, 2.24) is 9.78 Å².